The Hall–Kier alpha value is -0.160. The Bertz CT molecular complexity index is 244. The number of rotatable bonds is 3. The summed E-state index contributed by atoms with van der Waals surface area (Å²) in [7, 11) is 0. The fourth-order valence-corrected chi connectivity index (χ4v) is 2.97. The van der Waals surface area contributed by atoms with Gasteiger partial charge in [0.05, 0.1) is 5.60 Å². The molecule has 0 aliphatic carbocycles. The molecule has 94 valence electrons. The second-order valence-corrected chi connectivity index (χ2v) is 5.77. The molecule has 0 saturated carbocycles. The van der Waals surface area contributed by atoms with E-state index < -0.39 is 5.60 Å². The van der Waals surface area contributed by atoms with Crippen LogP contribution in [0.4, 0.5) is 0 Å². The molecule has 0 aromatic heterocycles. The maximum absolute atomic E-state index is 10.1. The van der Waals surface area contributed by atoms with Crippen molar-refractivity contribution >= 4 is 0 Å². The molecule has 4 heteroatoms. The molecular weight excluding hydrogens is 202 g/mol. The Balaban J connectivity index is 1.94. The molecule has 16 heavy (non-hydrogen) atoms. The predicted octanol–water partition coefficient (Wildman–Crippen LogP) is -0.135. The van der Waals surface area contributed by atoms with Gasteiger partial charge in [-0.25, -0.2) is 0 Å². The molecule has 0 spiro atoms. The number of fused-ring (bicyclic) bond motifs is 1. The van der Waals surface area contributed by atoms with Gasteiger partial charge in [0.25, 0.3) is 0 Å². The van der Waals surface area contributed by atoms with Crippen LogP contribution in [0.25, 0.3) is 0 Å². The quantitative estimate of drug-likeness (QED) is 0.705. The second-order valence-electron chi connectivity index (χ2n) is 5.77. The average molecular weight is 227 g/mol. The van der Waals surface area contributed by atoms with E-state index in [1.54, 1.807) is 0 Å². The largest absolute Gasteiger partial charge is 0.388 e. The minimum Gasteiger partial charge on any atom is -0.388 e. The summed E-state index contributed by atoms with van der Waals surface area (Å²) >= 11 is 0. The zero-order valence-corrected chi connectivity index (χ0v) is 10.5. The van der Waals surface area contributed by atoms with Crippen molar-refractivity contribution in [3.8, 4) is 0 Å². The van der Waals surface area contributed by atoms with Crippen LogP contribution in [-0.4, -0.2) is 65.3 Å². The highest BCUT2D eigenvalue weighted by molar-refractivity contribution is 4.93. The molecule has 2 aliphatic rings. The highest BCUT2D eigenvalue weighted by Gasteiger charge is 2.36. The molecule has 4 nitrogen and oxygen atoms in total. The van der Waals surface area contributed by atoms with Crippen molar-refractivity contribution in [3.05, 3.63) is 0 Å². The lowest BCUT2D eigenvalue weighted by atomic mass is 10.0. The van der Waals surface area contributed by atoms with E-state index in [4.69, 9.17) is 5.73 Å². The van der Waals surface area contributed by atoms with Gasteiger partial charge in [-0.3, -0.25) is 9.80 Å². The van der Waals surface area contributed by atoms with Gasteiger partial charge in [-0.15, -0.1) is 0 Å². The first-order valence-electron chi connectivity index (χ1n) is 6.42. The number of β-amino-alcohol motifs (C(OH)–C–C–N with tert-alkyl or cyclic N) is 1. The van der Waals surface area contributed by atoms with Gasteiger partial charge in [-0.1, -0.05) is 0 Å². The monoisotopic (exact) mass is 227 g/mol. The molecular formula is C12H25N3O. The fourth-order valence-electron chi connectivity index (χ4n) is 2.97. The lowest BCUT2D eigenvalue weighted by molar-refractivity contribution is -0.0188. The van der Waals surface area contributed by atoms with Gasteiger partial charge in [0.1, 0.15) is 0 Å². The molecule has 0 radical (unpaired) electrons. The van der Waals surface area contributed by atoms with Crippen molar-refractivity contribution in [2.45, 2.75) is 44.4 Å². The molecule has 2 rings (SSSR count). The molecule has 2 aliphatic heterocycles. The maximum atomic E-state index is 10.1. The number of hydrogen-bond acceptors (Lipinski definition) is 4. The second kappa shape index (κ2) is 4.61. The molecule has 0 bridgehead atoms. The van der Waals surface area contributed by atoms with E-state index >= 15 is 0 Å². The smallest absolute Gasteiger partial charge is 0.0867 e. The standard InChI is InChI=1S/C12H25N3O/c1-10-6-14-5-3-4-11(14)7-15(10)9-12(2,16)8-13/h10-11,16H,3-9,13H2,1-2H3. The summed E-state index contributed by atoms with van der Waals surface area (Å²) in [6, 6.07) is 1.25. The molecule has 3 unspecified atom stereocenters. The van der Waals surface area contributed by atoms with Crippen molar-refractivity contribution in [1.29, 1.82) is 0 Å². The summed E-state index contributed by atoms with van der Waals surface area (Å²) in [5.74, 6) is 0. The van der Waals surface area contributed by atoms with E-state index in [-0.39, 0.29) is 0 Å². The summed E-state index contributed by atoms with van der Waals surface area (Å²) < 4.78 is 0. The van der Waals surface area contributed by atoms with Gasteiger partial charge >= 0.3 is 0 Å². The Kier molecular flexibility index (Phi) is 3.54. The predicted molar refractivity (Wildman–Crippen MR) is 65.3 cm³/mol. The fraction of sp³-hybridized carbons (Fsp3) is 1.00. The van der Waals surface area contributed by atoms with E-state index in [9.17, 15) is 5.11 Å². The van der Waals surface area contributed by atoms with Crippen LogP contribution >= 0.6 is 0 Å². The third-order valence-electron chi connectivity index (χ3n) is 4.05. The molecule has 2 fully saturated rings. The van der Waals surface area contributed by atoms with Gasteiger partial charge in [0, 0.05) is 38.3 Å². The topological polar surface area (TPSA) is 52.7 Å². The highest BCUT2D eigenvalue weighted by Crippen LogP contribution is 2.25. The average Bonchev–Trinajstić information content (AvgIpc) is 2.65. The number of nitrogens with two attached hydrogens (primary N) is 1. The first kappa shape index (κ1) is 12.3. The van der Waals surface area contributed by atoms with E-state index in [0.29, 0.717) is 25.2 Å². The summed E-state index contributed by atoms with van der Waals surface area (Å²) in [5.41, 5.74) is 4.85. The van der Waals surface area contributed by atoms with Crippen molar-refractivity contribution in [2.75, 3.05) is 32.7 Å². The number of aliphatic hydroxyl groups is 1. The van der Waals surface area contributed by atoms with Crippen LogP contribution in [0.1, 0.15) is 26.7 Å². The first-order valence-corrected chi connectivity index (χ1v) is 6.42. The van der Waals surface area contributed by atoms with Crippen LogP contribution in [-0.2, 0) is 0 Å². The normalized spacial score (nSPS) is 36.0. The molecule has 0 aromatic carbocycles. The highest BCUT2D eigenvalue weighted by atomic mass is 16.3. The van der Waals surface area contributed by atoms with E-state index in [1.165, 1.54) is 19.4 Å². The molecule has 3 N–H and O–H groups in total. The van der Waals surface area contributed by atoms with E-state index in [1.807, 2.05) is 6.92 Å². The van der Waals surface area contributed by atoms with Gasteiger partial charge in [0.15, 0.2) is 0 Å². The number of nitrogens with zero attached hydrogens (tertiary/aromatic N) is 2. The van der Waals surface area contributed by atoms with E-state index in [0.717, 1.165) is 13.1 Å². The number of hydrogen-bond donors (Lipinski definition) is 2. The maximum Gasteiger partial charge on any atom is 0.0867 e. The minimum atomic E-state index is -0.741. The van der Waals surface area contributed by atoms with Crippen molar-refractivity contribution in [1.82, 2.24) is 9.80 Å². The van der Waals surface area contributed by atoms with E-state index in [2.05, 4.69) is 16.7 Å². The van der Waals surface area contributed by atoms with Gasteiger partial charge in [0.2, 0.25) is 0 Å². The third kappa shape index (κ3) is 2.56. The molecule has 3 atom stereocenters. The molecule has 2 saturated heterocycles. The molecule has 0 amide bonds. The molecule has 2 heterocycles. The third-order valence-corrected chi connectivity index (χ3v) is 4.05. The Morgan fingerprint density at radius 1 is 1.44 bits per heavy atom. The molecule has 0 aromatic rings. The van der Waals surface area contributed by atoms with Crippen LogP contribution in [0.2, 0.25) is 0 Å². The Labute approximate surface area is 98.4 Å². The van der Waals surface area contributed by atoms with Crippen LogP contribution < -0.4 is 5.73 Å². The van der Waals surface area contributed by atoms with Gasteiger partial charge in [-0.2, -0.15) is 0 Å². The minimum absolute atomic E-state index is 0.338. The van der Waals surface area contributed by atoms with Crippen molar-refractivity contribution in [2.24, 2.45) is 5.73 Å². The van der Waals surface area contributed by atoms with Gasteiger partial charge in [-0.05, 0) is 33.2 Å². The van der Waals surface area contributed by atoms with Crippen LogP contribution in [0, 0.1) is 0 Å². The zero-order chi connectivity index (χ0) is 11.8. The lowest BCUT2D eigenvalue weighted by Crippen LogP contribution is -2.59. The first-order chi connectivity index (χ1) is 7.52. The van der Waals surface area contributed by atoms with Gasteiger partial charge < -0.3 is 10.8 Å². The zero-order valence-electron chi connectivity index (χ0n) is 10.5. The Morgan fingerprint density at radius 2 is 2.19 bits per heavy atom. The van der Waals surface area contributed by atoms with Crippen LogP contribution in [0.15, 0.2) is 0 Å². The number of piperazine rings is 1. The Morgan fingerprint density at radius 3 is 2.88 bits per heavy atom. The summed E-state index contributed by atoms with van der Waals surface area (Å²) in [4.78, 5) is 5.00. The lowest BCUT2D eigenvalue weighted by Gasteiger charge is -2.44. The van der Waals surface area contributed by atoms with Crippen LogP contribution in [0.5, 0.6) is 0 Å². The summed E-state index contributed by atoms with van der Waals surface area (Å²) in [6.45, 7) is 8.63. The van der Waals surface area contributed by atoms with Crippen LogP contribution in [0.3, 0.4) is 0 Å². The summed E-state index contributed by atoms with van der Waals surface area (Å²) in [6.07, 6.45) is 2.65. The van der Waals surface area contributed by atoms with Crippen molar-refractivity contribution in [3.63, 3.8) is 0 Å². The summed E-state index contributed by atoms with van der Waals surface area (Å²) in [5, 5.41) is 10.1. The van der Waals surface area contributed by atoms with Crippen molar-refractivity contribution < 1.29 is 5.11 Å². The SMILES string of the molecule is CC1CN2CCCC2CN1CC(C)(O)CN.